The molecule has 1 saturated heterocycles. The van der Waals surface area contributed by atoms with Crippen molar-refractivity contribution in [1.82, 2.24) is 24.8 Å². The van der Waals surface area contributed by atoms with Crippen molar-refractivity contribution < 1.29 is 18.3 Å². The van der Waals surface area contributed by atoms with Gasteiger partial charge in [-0.15, -0.1) is 0 Å². The average molecular weight is 482 g/mol. The van der Waals surface area contributed by atoms with Crippen molar-refractivity contribution in [1.29, 1.82) is 0 Å². The predicted molar refractivity (Wildman–Crippen MR) is 129 cm³/mol. The van der Waals surface area contributed by atoms with Gasteiger partial charge in [0.2, 0.25) is 5.75 Å². The number of aryl methyl sites for hydroxylation is 1. The molecule has 0 saturated carbocycles. The minimum absolute atomic E-state index is 0.0658. The van der Waals surface area contributed by atoms with Gasteiger partial charge in [-0.25, -0.2) is 18.7 Å². The molecule has 5 rings (SSSR count). The lowest BCUT2D eigenvalue weighted by Gasteiger charge is -2.33. The number of likely N-dealkylation sites (N-methyl/N-ethyl adjacent to an activating group) is 1. The molecule has 1 aromatic carbocycles. The number of nitrogens with zero attached hydrogens (tertiary/aromatic N) is 5. The highest BCUT2D eigenvalue weighted by molar-refractivity contribution is 5.83. The highest BCUT2D eigenvalue weighted by Crippen LogP contribution is 2.38. The third kappa shape index (κ3) is 4.54. The van der Waals surface area contributed by atoms with Gasteiger partial charge in [0.05, 0.1) is 24.5 Å². The second-order valence-electron chi connectivity index (χ2n) is 8.39. The van der Waals surface area contributed by atoms with Gasteiger partial charge in [0.1, 0.15) is 12.1 Å². The monoisotopic (exact) mass is 481 g/mol. The fourth-order valence-electron chi connectivity index (χ4n) is 4.05. The van der Waals surface area contributed by atoms with Crippen LogP contribution in [0.1, 0.15) is 5.69 Å². The maximum Gasteiger partial charge on any atom is 0.268 e. The summed E-state index contributed by atoms with van der Waals surface area (Å²) in [6, 6.07) is 6.31. The minimum Gasteiger partial charge on any atom is -0.489 e. The summed E-state index contributed by atoms with van der Waals surface area (Å²) in [5.74, 6) is -0.787. The van der Waals surface area contributed by atoms with E-state index in [-0.39, 0.29) is 34.1 Å². The summed E-state index contributed by atoms with van der Waals surface area (Å²) in [4.78, 5) is 20.1. The van der Waals surface area contributed by atoms with Gasteiger partial charge in [-0.3, -0.25) is 0 Å². The first-order valence-electron chi connectivity index (χ1n) is 11.1. The van der Waals surface area contributed by atoms with Gasteiger partial charge in [0.25, 0.3) is 5.88 Å². The second kappa shape index (κ2) is 9.34. The number of methoxy groups -OCH3 is 1. The quantitative estimate of drug-likeness (QED) is 0.423. The number of piperazine rings is 1. The van der Waals surface area contributed by atoms with Crippen molar-refractivity contribution >= 4 is 28.2 Å². The lowest BCUT2D eigenvalue weighted by Crippen LogP contribution is -2.44. The van der Waals surface area contributed by atoms with Gasteiger partial charge in [-0.2, -0.15) is 4.98 Å². The summed E-state index contributed by atoms with van der Waals surface area (Å²) >= 11 is 0. The third-order valence-electron chi connectivity index (χ3n) is 5.95. The van der Waals surface area contributed by atoms with Crippen molar-refractivity contribution in [3.8, 4) is 17.4 Å². The SMILES string of the molecule is COc1c(Nc2ccc(N3CCN(C)CC3)cn2)ncnc1Oc1cc(F)c2[nH]c(C)cc2c1F. The van der Waals surface area contributed by atoms with Gasteiger partial charge in [0, 0.05) is 43.3 Å². The molecule has 11 heteroatoms. The molecule has 4 heterocycles. The van der Waals surface area contributed by atoms with Gasteiger partial charge in [0.15, 0.2) is 23.2 Å². The van der Waals surface area contributed by atoms with Crippen molar-refractivity contribution in [3.63, 3.8) is 0 Å². The van der Waals surface area contributed by atoms with Crippen LogP contribution in [0.5, 0.6) is 17.4 Å². The van der Waals surface area contributed by atoms with Crippen molar-refractivity contribution in [2.24, 2.45) is 0 Å². The number of nitrogens with one attached hydrogen (secondary N) is 2. The minimum atomic E-state index is -0.706. The second-order valence-corrected chi connectivity index (χ2v) is 8.39. The molecule has 0 atom stereocenters. The predicted octanol–water partition coefficient (Wildman–Crippen LogP) is 4.24. The van der Waals surface area contributed by atoms with E-state index in [2.05, 4.69) is 42.1 Å². The number of anilines is 3. The number of pyridine rings is 1. The van der Waals surface area contributed by atoms with Crippen molar-refractivity contribution in [2.75, 3.05) is 50.6 Å². The van der Waals surface area contributed by atoms with E-state index >= 15 is 4.39 Å². The highest BCUT2D eigenvalue weighted by atomic mass is 19.1. The molecule has 1 fully saturated rings. The summed E-state index contributed by atoms with van der Waals surface area (Å²) in [5, 5.41) is 3.17. The Morgan fingerprint density at radius 1 is 1.06 bits per heavy atom. The molecule has 35 heavy (non-hydrogen) atoms. The Morgan fingerprint density at radius 2 is 1.86 bits per heavy atom. The topological polar surface area (TPSA) is 91.4 Å². The molecule has 3 aromatic heterocycles. The number of fused-ring (bicyclic) bond motifs is 1. The molecular weight excluding hydrogens is 456 g/mol. The Kier molecular flexibility index (Phi) is 6.08. The molecule has 182 valence electrons. The molecule has 0 radical (unpaired) electrons. The summed E-state index contributed by atoms with van der Waals surface area (Å²) in [6.07, 6.45) is 3.04. The first-order valence-corrected chi connectivity index (χ1v) is 11.1. The number of hydrogen-bond acceptors (Lipinski definition) is 8. The third-order valence-corrected chi connectivity index (χ3v) is 5.95. The normalized spacial score (nSPS) is 14.4. The Balaban J connectivity index is 1.38. The number of rotatable bonds is 6. The number of aromatic nitrogens is 4. The summed E-state index contributed by atoms with van der Waals surface area (Å²) in [6.45, 7) is 5.61. The van der Waals surface area contributed by atoms with E-state index in [1.54, 1.807) is 13.1 Å². The van der Waals surface area contributed by atoms with E-state index in [1.165, 1.54) is 19.5 Å². The Hall–Kier alpha value is -3.99. The van der Waals surface area contributed by atoms with Crippen molar-refractivity contribution in [2.45, 2.75) is 6.92 Å². The van der Waals surface area contributed by atoms with E-state index in [9.17, 15) is 4.39 Å². The lowest BCUT2D eigenvalue weighted by atomic mass is 10.2. The molecular formula is C24H25F2N7O2. The average Bonchev–Trinajstić information content (AvgIpc) is 3.26. The van der Waals surface area contributed by atoms with Crippen LogP contribution in [0.4, 0.5) is 26.1 Å². The zero-order valence-corrected chi connectivity index (χ0v) is 19.6. The number of ether oxygens (including phenoxy) is 2. The largest absolute Gasteiger partial charge is 0.489 e. The van der Waals surface area contributed by atoms with E-state index in [4.69, 9.17) is 9.47 Å². The maximum absolute atomic E-state index is 15.0. The maximum atomic E-state index is 15.0. The van der Waals surface area contributed by atoms with Crippen LogP contribution in [0.2, 0.25) is 0 Å². The van der Waals surface area contributed by atoms with E-state index in [0.717, 1.165) is 37.9 Å². The zero-order chi connectivity index (χ0) is 24.5. The number of benzene rings is 1. The lowest BCUT2D eigenvalue weighted by molar-refractivity contribution is 0.313. The first kappa shape index (κ1) is 22.8. The van der Waals surface area contributed by atoms with Crippen LogP contribution in [-0.2, 0) is 0 Å². The molecule has 0 amide bonds. The van der Waals surface area contributed by atoms with Crippen molar-refractivity contribution in [3.05, 3.63) is 54.1 Å². The molecule has 0 spiro atoms. The summed E-state index contributed by atoms with van der Waals surface area (Å²) in [5.41, 5.74) is 1.75. The smallest absolute Gasteiger partial charge is 0.268 e. The summed E-state index contributed by atoms with van der Waals surface area (Å²) < 4.78 is 40.6. The van der Waals surface area contributed by atoms with Crippen LogP contribution >= 0.6 is 0 Å². The molecule has 9 nitrogen and oxygen atoms in total. The molecule has 1 aliphatic heterocycles. The van der Waals surface area contributed by atoms with Crippen LogP contribution in [0.15, 0.2) is 36.8 Å². The van der Waals surface area contributed by atoms with Gasteiger partial charge in [-0.1, -0.05) is 0 Å². The molecule has 0 unspecified atom stereocenters. The fourth-order valence-corrected chi connectivity index (χ4v) is 4.05. The number of aromatic amines is 1. The Morgan fingerprint density at radius 3 is 2.57 bits per heavy atom. The first-order chi connectivity index (χ1) is 16.9. The van der Waals surface area contributed by atoms with Crippen LogP contribution in [0.3, 0.4) is 0 Å². The van der Waals surface area contributed by atoms with Gasteiger partial charge in [-0.05, 0) is 32.2 Å². The van der Waals surface area contributed by atoms with E-state index in [1.807, 2.05) is 12.1 Å². The Labute approximate surface area is 200 Å². The number of H-pyrrole nitrogens is 1. The van der Waals surface area contributed by atoms with Crippen LogP contribution in [0, 0.1) is 18.6 Å². The Bertz CT molecular complexity index is 1350. The molecule has 1 aliphatic rings. The number of halogens is 2. The van der Waals surface area contributed by atoms with Gasteiger partial charge < -0.3 is 29.6 Å². The summed E-state index contributed by atoms with van der Waals surface area (Å²) in [7, 11) is 3.52. The fraction of sp³-hybridized carbons (Fsp3) is 0.292. The van der Waals surface area contributed by atoms with E-state index in [0.29, 0.717) is 11.5 Å². The molecule has 0 bridgehead atoms. The van der Waals surface area contributed by atoms with Gasteiger partial charge >= 0.3 is 0 Å². The van der Waals surface area contributed by atoms with Crippen LogP contribution in [0.25, 0.3) is 10.9 Å². The molecule has 0 aliphatic carbocycles. The molecule has 4 aromatic rings. The van der Waals surface area contributed by atoms with Crippen LogP contribution in [-0.4, -0.2) is 65.2 Å². The molecule has 2 N–H and O–H groups in total. The standard InChI is InChI=1S/C24H25F2N7O2/c1-14-10-16-20(26)18(11-17(25)21(16)30-14)35-24-22(34-3)23(28-13-29-24)31-19-5-4-15(12-27-19)33-8-6-32(2)7-9-33/h4-5,10-13,30H,6-9H2,1-3H3,(H,27,28,29,31). The van der Waals surface area contributed by atoms with E-state index < -0.39 is 11.6 Å². The highest BCUT2D eigenvalue weighted by Gasteiger charge is 2.21. The zero-order valence-electron chi connectivity index (χ0n) is 19.6. The van der Waals surface area contributed by atoms with Crippen LogP contribution < -0.4 is 19.7 Å². The number of hydrogen-bond donors (Lipinski definition) is 2.